The Morgan fingerprint density at radius 1 is 1.22 bits per heavy atom. The highest BCUT2D eigenvalue weighted by Gasteiger charge is 2.29. The van der Waals surface area contributed by atoms with Crippen molar-refractivity contribution in [1.82, 2.24) is 10.6 Å². The molecular weight excluding hydrogens is 352 g/mol. The van der Waals surface area contributed by atoms with Crippen LogP contribution in [0.2, 0.25) is 0 Å². The van der Waals surface area contributed by atoms with E-state index in [1.807, 2.05) is 18.2 Å². The normalized spacial score (nSPS) is 21.5. The number of benzene rings is 1. The first kappa shape index (κ1) is 19.1. The number of rotatable bonds is 5. The van der Waals surface area contributed by atoms with Crippen LogP contribution in [0.3, 0.4) is 0 Å². The summed E-state index contributed by atoms with van der Waals surface area (Å²) >= 11 is 0. The van der Waals surface area contributed by atoms with Crippen LogP contribution in [0.15, 0.2) is 29.4 Å². The maximum absolute atomic E-state index is 12.4. The summed E-state index contributed by atoms with van der Waals surface area (Å²) in [5.74, 6) is -0.340. The van der Waals surface area contributed by atoms with E-state index in [-0.39, 0.29) is 19.0 Å². The monoisotopic (exact) mass is 376 g/mol. The molecule has 0 radical (unpaired) electrons. The highest BCUT2D eigenvalue weighted by atomic mass is 16.7. The average Bonchev–Trinajstić information content (AvgIpc) is 2.69. The lowest BCUT2D eigenvalue weighted by atomic mass is 9.81. The molecule has 1 atom stereocenters. The van der Waals surface area contributed by atoms with Gasteiger partial charge in [-0.25, -0.2) is 14.9 Å². The molecule has 0 amide bonds. The van der Waals surface area contributed by atoms with E-state index in [0.717, 1.165) is 31.2 Å². The van der Waals surface area contributed by atoms with E-state index in [9.17, 15) is 20.0 Å². The standard InChI is InChI=1S/C18H24N4O5/c23-16(15-9-5-4-8-14(15)12-6-2-1-3-7-12)17(24)27-13-10-19-18(20-11-13)21-22(25)26/h4-5,8-9,12-13,16,23H,1-3,6-7,10-11H2,(H2,19,20,21). The summed E-state index contributed by atoms with van der Waals surface area (Å²) in [5, 5.41) is 28.6. The number of nitrogens with zero attached hydrogens (tertiary/aromatic N) is 2. The number of hydrazone groups is 1. The molecule has 1 aliphatic heterocycles. The van der Waals surface area contributed by atoms with Gasteiger partial charge in [-0.1, -0.05) is 43.5 Å². The maximum atomic E-state index is 12.4. The summed E-state index contributed by atoms with van der Waals surface area (Å²) < 4.78 is 5.36. The maximum Gasteiger partial charge on any atom is 0.340 e. The minimum absolute atomic E-state index is 0.0236. The molecular formula is C18H24N4O5. The number of ether oxygens (including phenoxy) is 1. The summed E-state index contributed by atoms with van der Waals surface area (Å²) in [6.07, 6.45) is 3.77. The van der Waals surface area contributed by atoms with Crippen molar-refractivity contribution in [3.63, 3.8) is 0 Å². The van der Waals surface area contributed by atoms with Gasteiger partial charge in [-0.15, -0.1) is 0 Å². The fourth-order valence-corrected chi connectivity index (χ4v) is 3.69. The van der Waals surface area contributed by atoms with Gasteiger partial charge in [0.15, 0.2) is 11.1 Å². The van der Waals surface area contributed by atoms with Gasteiger partial charge in [0.1, 0.15) is 11.2 Å². The lowest BCUT2D eigenvalue weighted by Gasteiger charge is -2.27. The van der Waals surface area contributed by atoms with Crippen molar-refractivity contribution in [2.24, 2.45) is 5.10 Å². The molecule has 1 aromatic rings. The van der Waals surface area contributed by atoms with Gasteiger partial charge in [0.25, 0.3) is 5.96 Å². The number of esters is 1. The molecule has 1 saturated carbocycles. The smallest absolute Gasteiger partial charge is 0.340 e. The number of aliphatic hydroxyl groups excluding tert-OH is 1. The zero-order chi connectivity index (χ0) is 19.2. The Labute approximate surface area is 156 Å². The Morgan fingerprint density at radius 3 is 2.56 bits per heavy atom. The van der Waals surface area contributed by atoms with E-state index in [4.69, 9.17) is 4.74 Å². The molecule has 3 N–H and O–H groups in total. The third-order valence-electron chi connectivity index (χ3n) is 5.02. The molecule has 1 heterocycles. The van der Waals surface area contributed by atoms with Gasteiger partial charge < -0.3 is 20.5 Å². The zero-order valence-corrected chi connectivity index (χ0v) is 15.0. The summed E-state index contributed by atoms with van der Waals surface area (Å²) in [7, 11) is 0. The van der Waals surface area contributed by atoms with Gasteiger partial charge >= 0.3 is 5.97 Å². The second kappa shape index (κ2) is 8.81. The molecule has 0 spiro atoms. The molecule has 2 fully saturated rings. The van der Waals surface area contributed by atoms with Crippen LogP contribution in [-0.2, 0) is 9.53 Å². The molecule has 1 unspecified atom stereocenters. The van der Waals surface area contributed by atoms with E-state index < -0.39 is 23.2 Å². The number of nitrogens with one attached hydrogen (secondary N) is 2. The minimum Gasteiger partial charge on any atom is -0.456 e. The summed E-state index contributed by atoms with van der Waals surface area (Å²) in [5.41, 5.74) is 1.61. The van der Waals surface area contributed by atoms with E-state index >= 15 is 0 Å². The number of hydrogen-bond acceptors (Lipinski definition) is 5. The molecule has 2 aliphatic rings. The van der Waals surface area contributed by atoms with Crippen molar-refractivity contribution in [2.45, 2.75) is 50.2 Å². The molecule has 1 aromatic carbocycles. The predicted octanol–water partition coefficient (Wildman–Crippen LogP) is 1.42. The first-order chi connectivity index (χ1) is 13.0. The van der Waals surface area contributed by atoms with Crippen molar-refractivity contribution < 1.29 is 19.7 Å². The van der Waals surface area contributed by atoms with E-state index in [0.29, 0.717) is 11.5 Å². The molecule has 9 heteroatoms. The molecule has 9 nitrogen and oxygen atoms in total. The summed E-state index contributed by atoms with van der Waals surface area (Å²) in [6.45, 7) is 0.366. The topological polar surface area (TPSA) is 126 Å². The number of aliphatic hydroxyl groups is 1. The third kappa shape index (κ3) is 4.94. The van der Waals surface area contributed by atoms with Crippen molar-refractivity contribution in [1.29, 1.82) is 0 Å². The third-order valence-corrected chi connectivity index (χ3v) is 5.02. The molecule has 3 rings (SSSR count). The minimum atomic E-state index is -1.35. The summed E-state index contributed by atoms with van der Waals surface area (Å²) in [6, 6.07) is 7.49. The largest absolute Gasteiger partial charge is 0.456 e. The van der Waals surface area contributed by atoms with Crippen LogP contribution in [0.4, 0.5) is 0 Å². The molecule has 0 bridgehead atoms. The Balaban J connectivity index is 1.62. The number of carbonyl (C=O) groups excluding carboxylic acids is 1. The summed E-state index contributed by atoms with van der Waals surface area (Å²) in [4.78, 5) is 22.8. The highest BCUT2D eigenvalue weighted by molar-refractivity contribution is 5.80. The van der Waals surface area contributed by atoms with Crippen molar-refractivity contribution >= 4 is 11.9 Å². The van der Waals surface area contributed by atoms with Gasteiger partial charge in [0.2, 0.25) is 0 Å². The first-order valence-corrected chi connectivity index (χ1v) is 9.22. The predicted molar refractivity (Wildman–Crippen MR) is 97.5 cm³/mol. The van der Waals surface area contributed by atoms with Crippen LogP contribution in [0.5, 0.6) is 0 Å². The number of hydrogen-bond donors (Lipinski definition) is 3. The van der Waals surface area contributed by atoms with Crippen molar-refractivity contribution in [3.05, 3.63) is 45.5 Å². The molecule has 1 aliphatic carbocycles. The van der Waals surface area contributed by atoms with Crippen LogP contribution in [0, 0.1) is 10.1 Å². The van der Waals surface area contributed by atoms with Crippen LogP contribution < -0.4 is 10.6 Å². The second-order valence-corrected chi connectivity index (χ2v) is 6.87. The number of guanidine groups is 1. The number of carbonyl (C=O) groups is 1. The Bertz CT molecular complexity index is 707. The second-order valence-electron chi connectivity index (χ2n) is 6.87. The van der Waals surface area contributed by atoms with Crippen LogP contribution in [0.25, 0.3) is 0 Å². The lowest BCUT2D eigenvalue weighted by molar-refractivity contribution is -0.485. The van der Waals surface area contributed by atoms with Gasteiger partial charge in [0, 0.05) is 0 Å². The number of nitro groups is 1. The fraction of sp³-hybridized carbons (Fsp3) is 0.556. The average molecular weight is 376 g/mol. The zero-order valence-electron chi connectivity index (χ0n) is 15.0. The molecule has 146 valence electrons. The lowest BCUT2D eigenvalue weighted by Crippen LogP contribution is -2.53. The SMILES string of the molecule is O=C(OC1CNC(=N[N+](=O)[O-])NC1)C(O)c1ccccc1C1CCCCC1. The van der Waals surface area contributed by atoms with Crippen molar-refractivity contribution in [3.8, 4) is 0 Å². The quantitative estimate of drug-likeness (QED) is 0.403. The fourth-order valence-electron chi connectivity index (χ4n) is 3.69. The molecule has 1 saturated heterocycles. The Kier molecular flexibility index (Phi) is 6.23. The molecule has 27 heavy (non-hydrogen) atoms. The van der Waals surface area contributed by atoms with Crippen LogP contribution >= 0.6 is 0 Å². The molecule has 0 aromatic heterocycles. The highest BCUT2D eigenvalue weighted by Crippen LogP contribution is 2.36. The van der Waals surface area contributed by atoms with Gasteiger partial charge in [-0.2, -0.15) is 0 Å². The van der Waals surface area contributed by atoms with Gasteiger partial charge in [-0.3, -0.25) is 0 Å². The van der Waals surface area contributed by atoms with Crippen molar-refractivity contribution in [2.75, 3.05) is 13.1 Å². The van der Waals surface area contributed by atoms with E-state index in [1.165, 1.54) is 6.42 Å². The van der Waals surface area contributed by atoms with Crippen LogP contribution in [0.1, 0.15) is 55.3 Å². The first-order valence-electron chi connectivity index (χ1n) is 9.22. The Hall–Kier alpha value is -2.68. The Morgan fingerprint density at radius 2 is 1.89 bits per heavy atom. The van der Waals surface area contributed by atoms with E-state index in [1.54, 1.807) is 6.07 Å². The van der Waals surface area contributed by atoms with Crippen LogP contribution in [-0.4, -0.2) is 41.3 Å². The van der Waals surface area contributed by atoms with Gasteiger partial charge in [0.05, 0.1) is 13.1 Å². The van der Waals surface area contributed by atoms with Gasteiger partial charge in [-0.05, 0) is 29.9 Å². The van der Waals surface area contributed by atoms with E-state index in [2.05, 4.69) is 15.7 Å².